The summed E-state index contributed by atoms with van der Waals surface area (Å²) in [5.41, 5.74) is 1.65. The van der Waals surface area contributed by atoms with Crippen molar-refractivity contribution < 1.29 is 88.3 Å². The molecule has 1 N–H and O–H groups in total. The van der Waals surface area contributed by atoms with Gasteiger partial charge in [0.15, 0.2) is 0 Å². The van der Waals surface area contributed by atoms with Crippen LogP contribution in [0.15, 0.2) is 24.3 Å². The van der Waals surface area contributed by atoms with E-state index in [4.69, 9.17) is 4.74 Å². The maximum Gasteiger partial charge on any atom is 1.00 e. The molecule has 0 bridgehead atoms. The Morgan fingerprint density at radius 1 is 1.03 bits per heavy atom. The van der Waals surface area contributed by atoms with Crippen LogP contribution in [0.2, 0.25) is 0 Å². The van der Waals surface area contributed by atoms with E-state index in [1.54, 1.807) is 24.3 Å². The van der Waals surface area contributed by atoms with E-state index >= 15 is 0 Å². The molecule has 0 spiro atoms. The van der Waals surface area contributed by atoms with Crippen molar-refractivity contribution in [3.05, 3.63) is 40.7 Å². The Balaban J connectivity index is 0. The Bertz CT molecular complexity index is 758. The number of nitrogens with one attached hydrogen (secondary N) is 1. The largest absolute Gasteiger partial charge is 1.00 e. The minimum Gasteiger partial charge on any atom is -0.648 e. The summed E-state index contributed by atoms with van der Waals surface area (Å²) in [5, 5.41) is 6.77. The zero-order valence-electron chi connectivity index (χ0n) is 19.8. The van der Waals surface area contributed by atoms with Gasteiger partial charge in [-0.05, 0) is 31.7 Å². The number of nitrogens with zero attached hydrogens (tertiary/aromatic N) is 1. The molecule has 0 aliphatic heterocycles. The molecule has 0 aliphatic rings. The molecule has 0 aromatic heterocycles. The van der Waals surface area contributed by atoms with Crippen molar-refractivity contribution in [2.24, 2.45) is 0 Å². The number of hydrogen-bond donors (Lipinski definition) is 1. The first-order valence-corrected chi connectivity index (χ1v) is 11.0. The van der Waals surface area contributed by atoms with E-state index in [0.717, 1.165) is 36.7 Å². The Morgan fingerprint density at radius 3 is 2.39 bits per heavy atom. The van der Waals surface area contributed by atoms with Gasteiger partial charge in [-0.25, -0.2) is 0 Å². The van der Waals surface area contributed by atoms with Gasteiger partial charge in [0.1, 0.15) is 17.9 Å². The number of carbonyl (C=O) groups is 5. The van der Waals surface area contributed by atoms with E-state index in [2.05, 4.69) is 10.6 Å². The van der Waals surface area contributed by atoms with Gasteiger partial charge in [-0.15, -0.1) is 6.54 Å². The van der Waals surface area contributed by atoms with E-state index in [-0.39, 0.29) is 109 Å². The third-order valence-electron chi connectivity index (χ3n) is 4.55. The Morgan fingerprint density at radius 2 is 1.73 bits per heavy atom. The predicted octanol–water partition coefficient (Wildman–Crippen LogP) is 0.0999. The molecule has 33 heavy (non-hydrogen) atoms. The predicted molar refractivity (Wildman–Crippen MR) is 122 cm³/mol. The first-order valence-electron chi connectivity index (χ1n) is 11.0. The molecule has 9 heteroatoms. The second-order valence-electron chi connectivity index (χ2n) is 7.64. The molecule has 0 fully saturated rings. The standard InChI is InChI=1S/C24H34N2O6.Rb.H2/c1-19(28)15-22(29)16-20-8-10-21(11-9-20)17-26-24(31)18-32-14-6-7-23(30)25-12-4-2-3-5-13-27;;/h8-11,13H,2-7,12,14-18H2,1H3,(H2,25,26,30,31);;1H/q;+1;/p-1. The molecular weight excluding hydrogens is 498 g/mol. The first-order chi connectivity index (χ1) is 15.4. The topological polar surface area (TPSA) is 121 Å². The Kier molecular flexibility index (Phi) is 19.7. The molecule has 0 radical (unpaired) electrons. The van der Waals surface area contributed by atoms with Crippen molar-refractivity contribution in [2.45, 2.75) is 64.8 Å². The minimum atomic E-state index is -0.370. The summed E-state index contributed by atoms with van der Waals surface area (Å²) in [6, 6.07) is 7.18. The fourth-order valence-electron chi connectivity index (χ4n) is 2.90. The number of unbranched alkanes of at least 4 members (excludes halogenated alkanes) is 3. The minimum absolute atomic E-state index is 0. The number of Topliss-reactive ketones (excluding diaryl/α,β-unsaturated/α-hetero) is 2. The normalized spacial score (nSPS) is 10.1. The van der Waals surface area contributed by atoms with Crippen LogP contribution in [0.5, 0.6) is 0 Å². The van der Waals surface area contributed by atoms with Crippen LogP contribution >= 0.6 is 0 Å². The van der Waals surface area contributed by atoms with Gasteiger partial charge in [-0.2, -0.15) is 0 Å². The summed E-state index contributed by atoms with van der Waals surface area (Å²) < 4.78 is 5.28. The molecule has 0 aliphatic carbocycles. The van der Waals surface area contributed by atoms with Crippen LogP contribution in [-0.2, 0) is 41.7 Å². The SMILES string of the molecule is CC(=O)CC(=O)Cc1ccc(C[N-]C(=O)COCCCC(=O)NCCCCCC=O)cc1.[HH].[Rb+]. The van der Waals surface area contributed by atoms with Gasteiger partial charge < -0.3 is 25.0 Å². The third-order valence-corrected chi connectivity index (χ3v) is 4.55. The van der Waals surface area contributed by atoms with Crippen molar-refractivity contribution in [1.82, 2.24) is 5.32 Å². The molecule has 1 aromatic carbocycles. The number of rotatable bonds is 18. The second-order valence-corrected chi connectivity index (χ2v) is 7.64. The van der Waals surface area contributed by atoms with E-state index in [0.29, 0.717) is 32.4 Å². The number of carbonyl (C=O) groups excluding carboxylic acids is 5. The van der Waals surface area contributed by atoms with Crippen LogP contribution in [0.1, 0.15) is 64.4 Å². The number of benzene rings is 1. The van der Waals surface area contributed by atoms with Gasteiger partial charge in [0, 0.05) is 33.8 Å². The van der Waals surface area contributed by atoms with Crippen molar-refractivity contribution in [3.8, 4) is 0 Å². The van der Waals surface area contributed by atoms with Gasteiger partial charge in [0.2, 0.25) is 5.91 Å². The molecule has 0 heterocycles. The summed E-state index contributed by atoms with van der Waals surface area (Å²) in [5.74, 6) is -0.684. The second kappa shape index (κ2) is 20.3. The number of hydrogen-bond acceptors (Lipinski definition) is 6. The number of ether oxygens (including phenoxy) is 1. The van der Waals surface area contributed by atoms with E-state index < -0.39 is 0 Å². The monoisotopic (exact) mass is 532 g/mol. The average Bonchev–Trinajstić information content (AvgIpc) is 2.75. The van der Waals surface area contributed by atoms with Crippen LogP contribution in [-0.4, -0.2) is 49.4 Å². The Labute approximate surface area is 246 Å². The summed E-state index contributed by atoms with van der Waals surface area (Å²) in [6.45, 7) is 2.39. The molecule has 0 atom stereocenters. The summed E-state index contributed by atoms with van der Waals surface area (Å²) in [4.78, 5) is 56.3. The fraction of sp³-hybridized carbons (Fsp3) is 0.542. The van der Waals surface area contributed by atoms with E-state index in [1.807, 2.05) is 0 Å². The van der Waals surface area contributed by atoms with Crippen LogP contribution in [0.3, 0.4) is 0 Å². The van der Waals surface area contributed by atoms with Gasteiger partial charge in [0.25, 0.3) is 0 Å². The van der Waals surface area contributed by atoms with Gasteiger partial charge in [0.05, 0.1) is 18.9 Å². The summed E-state index contributed by atoms with van der Waals surface area (Å²) in [7, 11) is 0. The average molecular weight is 533 g/mol. The summed E-state index contributed by atoms with van der Waals surface area (Å²) in [6.07, 6.45) is 5.09. The van der Waals surface area contributed by atoms with E-state index in [9.17, 15) is 24.0 Å². The maximum atomic E-state index is 11.8. The van der Waals surface area contributed by atoms with Gasteiger partial charge in [-0.3, -0.25) is 14.4 Å². The van der Waals surface area contributed by atoms with Crippen LogP contribution in [0.4, 0.5) is 0 Å². The van der Waals surface area contributed by atoms with E-state index in [1.165, 1.54) is 6.92 Å². The smallest absolute Gasteiger partial charge is 0.648 e. The van der Waals surface area contributed by atoms with Gasteiger partial charge >= 0.3 is 58.2 Å². The van der Waals surface area contributed by atoms with Crippen molar-refractivity contribution in [2.75, 3.05) is 19.8 Å². The van der Waals surface area contributed by atoms with Gasteiger partial charge in [-0.1, -0.05) is 36.2 Å². The van der Waals surface area contributed by atoms with Crippen molar-refractivity contribution >= 4 is 29.7 Å². The van der Waals surface area contributed by atoms with Crippen LogP contribution in [0, 0.1) is 0 Å². The maximum absolute atomic E-state index is 11.8. The Hall–Kier alpha value is -1.06. The van der Waals surface area contributed by atoms with Crippen molar-refractivity contribution in [1.29, 1.82) is 0 Å². The number of ketones is 2. The van der Waals surface area contributed by atoms with Crippen molar-refractivity contribution in [3.63, 3.8) is 0 Å². The zero-order chi connectivity index (χ0) is 23.6. The molecule has 8 nitrogen and oxygen atoms in total. The molecule has 1 rings (SSSR count). The molecule has 2 amide bonds. The molecular formula is C24H35N2O6Rb. The quantitative estimate of drug-likeness (QED) is 0.163. The molecule has 1 aromatic rings. The molecule has 0 saturated heterocycles. The molecule has 178 valence electrons. The van der Waals surface area contributed by atoms with Crippen LogP contribution in [0.25, 0.3) is 5.32 Å². The van der Waals surface area contributed by atoms with Crippen LogP contribution < -0.4 is 63.5 Å². The molecule has 0 unspecified atom stereocenters. The fourth-order valence-corrected chi connectivity index (χ4v) is 2.90. The zero-order valence-corrected chi connectivity index (χ0v) is 24.7. The number of amides is 2. The summed E-state index contributed by atoms with van der Waals surface area (Å²) >= 11 is 0. The molecule has 0 saturated carbocycles. The first kappa shape index (κ1) is 31.9. The third kappa shape index (κ3) is 18.0. The number of aldehydes is 1.